The molecular weight excluding hydrogens is 222 g/mol. The van der Waals surface area contributed by atoms with Gasteiger partial charge in [0.1, 0.15) is 0 Å². The van der Waals surface area contributed by atoms with Gasteiger partial charge in [0.15, 0.2) is 0 Å². The average Bonchev–Trinajstić information content (AvgIpc) is 2.35. The molecule has 6 heteroatoms. The van der Waals surface area contributed by atoms with Crippen molar-refractivity contribution in [1.82, 2.24) is 9.80 Å². The van der Waals surface area contributed by atoms with E-state index in [1.807, 2.05) is 11.8 Å². The second-order valence-electron chi connectivity index (χ2n) is 4.45. The Morgan fingerprint density at radius 2 is 1.88 bits per heavy atom. The Labute approximate surface area is 101 Å². The molecule has 0 aliphatic carbocycles. The van der Waals surface area contributed by atoms with Crippen LogP contribution in [0.3, 0.4) is 0 Å². The fourth-order valence-electron chi connectivity index (χ4n) is 1.86. The molecule has 1 amide bonds. The maximum Gasteiger partial charge on any atom is 0.304 e. The smallest absolute Gasteiger partial charge is 0.304 e. The zero-order valence-electron chi connectivity index (χ0n) is 10.3. The number of carbonyl (C=O) groups excluding carboxylic acids is 1. The molecule has 0 aromatic heterocycles. The number of hydrogen-bond donors (Lipinski definition) is 2. The van der Waals surface area contributed by atoms with Crippen molar-refractivity contribution in [3.8, 4) is 0 Å². The maximum atomic E-state index is 11.8. The Morgan fingerprint density at radius 1 is 1.29 bits per heavy atom. The first-order chi connectivity index (χ1) is 8.04. The summed E-state index contributed by atoms with van der Waals surface area (Å²) in [5.41, 5.74) is 5.46. The zero-order valence-corrected chi connectivity index (χ0v) is 10.3. The Kier molecular flexibility index (Phi) is 5.37. The number of aliphatic carboxylic acids is 1. The summed E-state index contributed by atoms with van der Waals surface area (Å²) in [6.07, 6.45) is 0.160. The van der Waals surface area contributed by atoms with Gasteiger partial charge in [-0.15, -0.1) is 0 Å². The van der Waals surface area contributed by atoms with Gasteiger partial charge in [0.05, 0.1) is 6.42 Å². The van der Waals surface area contributed by atoms with Crippen molar-refractivity contribution in [2.24, 2.45) is 11.7 Å². The van der Waals surface area contributed by atoms with Gasteiger partial charge < -0.3 is 15.7 Å². The monoisotopic (exact) mass is 243 g/mol. The van der Waals surface area contributed by atoms with Gasteiger partial charge in [-0.3, -0.25) is 14.5 Å². The van der Waals surface area contributed by atoms with Crippen molar-refractivity contribution in [3.63, 3.8) is 0 Å². The third-order valence-electron chi connectivity index (χ3n) is 3.10. The predicted octanol–water partition coefficient (Wildman–Crippen LogP) is -0.800. The molecule has 0 aromatic carbocycles. The first kappa shape index (κ1) is 13.9. The summed E-state index contributed by atoms with van der Waals surface area (Å²) < 4.78 is 0. The molecule has 0 saturated carbocycles. The number of carboxylic acid groups (broad SMARTS) is 1. The van der Waals surface area contributed by atoms with E-state index >= 15 is 0 Å². The van der Waals surface area contributed by atoms with E-state index in [1.165, 1.54) is 0 Å². The normalized spacial score (nSPS) is 19.1. The molecule has 6 nitrogen and oxygen atoms in total. The van der Waals surface area contributed by atoms with Crippen LogP contribution in [0.2, 0.25) is 0 Å². The highest BCUT2D eigenvalue weighted by molar-refractivity contribution is 5.78. The molecule has 0 bridgehead atoms. The van der Waals surface area contributed by atoms with Crippen LogP contribution in [0.5, 0.6) is 0 Å². The molecule has 1 unspecified atom stereocenters. The van der Waals surface area contributed by atoms with Crippen LogP contribution in [0, 0.1) is 5.92 Å². The number of carboxylic acids is 1. The minimum atomic E-state index is -0.778. The molecule has 1 aliphatic heterocycles. The summed E-state index contributed by atoms with van der Waals surface area (Å²) in [4.78, 5) is 26.2. The van der Waals surface area contributed by atoms with Gasteiger partial charge in [0.25, 0.3) is 0 Å². The summed E-state index contributed by atoms with van der Waals surface area (Å²) in [5.74, 6) is -0.800. The molecule has 0 radical (unpaired) electrons. The van der Waals surface area contributed by atoms with Crippen molar-refractivity contribution in [2.45, 2.75) is 13.3 Å². The Bertz CT molecular complexity index is 275. The van der Waals surface area contributed by atoms with Crippen LogP contribution in [-0.4, -0.2) is 66.1 Å². The lowest BCUT2D eigenvalue weighted by Gasteiger charge is -2.35. The number of carbonyl (C=O) groups is 2. The minimum absolute atomic E-state index is 0.102. The summed E-state index contributed by atoms with van der Waals surface area (Å²) >= 11 is 0. The van der Waals surface area contributed by atoms with Crippen molar-refractivity contribution in [3.05, 3.63) is 0 Å². The summed E-state index contributed by atoms with van der Waals surface area (Å²) in [5, 5.41) is 8.58. The van der Waals surface area contributed by atoms with Crippen LogP contribution in [-0.2, 0) is 9.59 Å². The molecule has 1 atom stereocenters. The Morgan fingerprint density at radius 3 is 2.35 bits per heavy atom. The number of nitrogens with two attached hydrogens (primary N) is 1. The maximum absolute atomic E-state index is 11.8. The first-order valence-corrected chi connectivity index (χ1v) is 5.97. The molecule has 0 aromatic rings. The second kappa shape index (κ2) is 6.56. The topological polar surface area (TPSA) is 86.9 Å². The van der Waals surface area contributed by atoms with Gasteiger partial charge in [0, 0.05) is 45.2 Å². The van der Waals surface area contributed by atoms with E-state index in [0.717, 1.165) is 13.1 Å². The fraction of sp³-hybridized carbons (Fsp3) is 0.818. The Balaban J connectivity index is 2.30. The number of hydrogen-bond acceptors (Lipinski definition) is 4. The molecule has 17 heavy (non-hydrogen) atoms. The molecule has 3 N–H and O–H groups in total. The van der Waals surface area contributed by atoms with E-state index in [9.17, 15) is 9.59 Å². The van der Waals surface area contributed by atoms with Crippen molar-refractivity contribution in [2.75, 3.05) is 39.3 Å². The third kappa shape index (κ3) is 4.32. The van der Waals surface area contributed by atoms with E-state index < -0.39 is 5.97 Å². The molecule has 1 fully saturated rings. The van der Waals surface area contributed by atoms with Crippen LogP contribution >= 0.6 is 0 Å². The summed E-state index contributed by atoms with van der Waals surface area (Å²) in [7, 11) is 0. The summed E-state index contributed by atoms with van der Waals surface area (Å²) in [6.45, 7) is 5.60. The van der Waals surface area contributed by atoms with Crippen LogP contribution in [0.1, 0.15) is 13.3 Å². The standard InChI is InChI=1S/C11H21N3O3/c1-9(8-12)11(17)14-6-4-13(5-7-14)3-2-10(15)16/h9H,2-8,12H2,1H3,(H,15,16). The van der Waals surface area contributed by atoms with Gasteiger partial charge in [-0.2, -0.15) is 0 Å². The SMILES string of the molecule is CC(CN)C(=O)N1CCN(CCC(=O)O)CC1. The Hall–Kier alpha value is -1.14. The van der Waals surface area contributed by atoms with Crippen LogP contribution in [0.25, 0.3) is 0 Å². The van der Waals surface area contributed by atoms with E-state index in [0.29, 0.717) is 26.2 Å². The van der Waals surface area contributed by atoms with Crippen molar-refractivity contribution >= 4 is 11.9 Å². The van der Waals surface area contributed by atoms with E-state index in [4.69, 9.17) is 10.8 Å². The fourth-order valence-corrected chi connectivity index (χ4v) is 1.86. The van der Waals surface area contributed by atoms with Gasteiger partial charge in [0.2, 0.25) is 5.91 Å². The van der Waals surface area contributed by atoms with Crippen molar-refractivity contribution in [1.29, 1.82) is 0 Å². The molecule has 1 heterocycles. The number of amides is 1. The zero-order chi connectivity index (χ0) is 12.8. The highest BCUT2D eigenvalue weighted by Gasteiger charge is 2.24. The van der Waals surface area contributed by atoms with Crippen LogP contribution < -0.4 is 5.73 Å². The molecule has 1 aliphatic rings. The number of piperazine rings is 1. The lowest BCUT2D eigenvalue weighted by atomic mass is 10.1. The first-order valence-electron chi connectivity index (χ1n) is 5.97. The highest BCUT2D eigenvalue weighted by atomic mass is 16.4. The second-order valence-corrected chi connectivity index (χ2v) is 4.45. The lowest BCUT2D eigenvalue weighted by Crippen LogP contribution is -2.51. The number of nitrogens with zero attached hydrogens (tertiary/aromatic N) is 2. The van der Waals surface area contributed by atoms with Gasteiger partial charge in [-0.25, -0.2) is 0 Å². The molecule has 1 saturated heterocycles. The van der Waals surface area contributed by atoms with E-state index in [2.05, 4.69) is 4.90 Å². The van der Waals surface area contributed by atoms with Gasteiger partial charge in [-0.1, -0.05) is 6.92 Å². The highest BCUT2D eigenvalue weighted by Crippen LogP contribution is 2.07. The van der Waals surface area contributed by atoms with Gasteiger partial charge in [-0.05, 0) is 0 Å². The van der Waals surface area contributed by atoms with Crippen LogP contribution in [0.4, 0.5) is 0 Å². The van der Waals surface area contributed by atoms with Gasteiger partial charge >= 0.3 is 5.97 Å². The lowest BCUT2D eigenvalue weighted by molar-refractivity contribution is -0.139. The molecule has 1 rings (SSSR count). The quantitative estimate of drug-likeness (QED) is 0.660. The minimum Gasteiger partial charge on any atom is -0.481 e. The number of rotatable bonds is 5. The van der Waals surface area contributed by atoms with Crippen LogP contribution in [0.15, 0.2) is 0 Å². The summed E-state index contributed by atoms with van der Waals surface area (Å²) in [6, 6.07) is 0. The third-order valence-corrected chi connectivity index (χ3v) is 3.10. The average molecular weight is 243 g/mol. The largest absolute Gasteiger partial charge is 0.481 e. The predicted molar refractivity (Wildman–Crippen MR) is 63.5 cm³/mol. The molecule has 0 spiro atoms. The van der Waals surface area contributed by atoms with E-state index in [-0.39, 0.29) is 18.2 Å². The van der Waals surface area contributed by atoms with E-state index in [1.54, 1.807) is 0 Å². The van der Waals surface area contributed by atoms with Crippen molar-refractivity contribution < 1.29 is 14.7 Å². The molecular formula is C11H21N3O3. The molecule has 98 valence electrons.